The van der Waals surface area contributed by atoms with E-state index in [2.05, 4.69) is 41.5 Å². The first-order chi connectivity index (χ1) is 7.81. The number of guanidine groups is 1. The van der Waals surface area contributed by atoms with E-state index in [0.717, 1.165) is 18.7 Å². The van der Waals surface area contributed by atoms with Crippen molar-refractivity contribution >= 4 is 17.7 Å². The second-order valence-electron chi connectivity index (χ2n) is 3.72. The fourth-order valence-corrected chi connectivity index (χ4v) is 2.76. The fourth-order valence-electron chi connectivity index (χ4n) is 1.90. The highest BCUT2D eigenvalue weighted by molar-refractivity contribution is 7.99. The van der Waals surface area contributed by atoms with Gasteiger partial charge in [-0.3, -0.25) is 4.99 Å². The van der Waals surface area contributed by atoms with Gasteiger partial charge < -0.3 is 11.1 Å². The minimum absolute atomic E-state index is 0.313. The summed E-state index contributed by atoms with van der Waals surface area (Å²) in [7, 11) is 0. The van der Waals surface area contributed by atoms with Crippen molar-refractivity contribution in [3.8, 4) is 0 Å². The second kappa shape index (κ2) is 5.25. The third-order valence-electron chi connectivity index (χ3n) is 2.62. The maximum atomic E-state index is 5.72. The molecule has 0 saturated carbocycles. The van der Waals surface area contributed by atoms with Crippen molar-refractivity contribution in [2.75, 3.05) is 12.3 Å². The van der Waals surface area contributed by atoms with Gasteiger partial charge in [-0.05, 0) is 23.8 Å². The van der Waals surface area contributed by atoms with E-state index >= 15 is 0 Å². The minimum atomic E-state index is 0.313. The van der Waals surface area contributed by atoms with Crippen molar-refractivity contribution < 1.29 is 0 Å². The van der Waals surface area contributed by atoms with Gasteiger partial charge >= 0.3 is 0 Å². The van der Waals surface area contributed by atoms with Gasteiger partial charge in [-0.2, -0.15) is 0 Å². The van der Waals surface area contributed by atoms with E-state index in [-0.39, 0.29) is 0 Å². The van der Waals surface area contributed by atoms with Gasteiger partial charge in [0.05, 0.1) is 6.04 Å². The summed E-state index contributed by atoms with van der Waals surface area (Å²) in [5, 5.41) is 3.25. The minimum Gasteiger partial charge on any atom is -0.370 e. The van der Waals surface area contributed by atoms with E-state index < -0.39 is 0 Å². The van der Waals surface area contributed by atoms with Gasteiger partial charge in [-0.25, -0.2) is 0 Å². The number of nitrogens with zero attached hydrogens (tertiary/aromatic N) is 1. The molecule has 1 atom stereocenters. The van der Waals surface area contributed by atoms with Crippen LogP contribution in [0.2, 0.25) is 0 Å². The number of nitrogens with one attached hydrogen (secondary N) is 1. The van der Waals surface area contributed by atoms with Gasteiger partial charge in [0, 0.05) is 11.4 Å². The number of benzene rings is 1. The maximum absolute atomic E-state index is 5.72. The Morgan fingerprint density at radius 3 is 3.06 bits per heavy atom. The molecule has 0 fully saturated rings. The molecule has 2 rings (SSSR count). The average molecular weight is 235 g/mol. The van der Waals surface area contributed by atoms with Crippen LogP contribution >= 0.6 is 11.8 Å². The van der Waals surface area contributed by atoms with E-state index in [4.69, 9.17) is 5.73 Å². The molecule has 0 saturated heterocycles. The van der Waals surface area contributed by atoms with Crippen molar-refractivity contribution in [3.63, 3.8) is 0 Å². The van der Waals surface area contributed by atoms with Crippen LogP contribution in [0.15, 0.2) is 34.2 Å². The summed E-state index contributed by atoms with van der Waals surface area (Å²) in [6.07, 6.45) is 1.02. The van der Waals surface area contributed by atoms with Crippen molar-refractivity contribution in [1.29, 1.82) is 0 Å². The lowest BCUT2D eigenvalue weighted by Gasteiger charge is -2.24. The highest BCUT2D eigenvalue weighted by Gasteiger charge is 2.18. The molecule has 0 spiro atoms. The predicted molar refractivity (Wildman–Crippen MR) is 69.8 cm³/mol. The Balaban J connectivity index is 2.22. The van der Waals surface area contributed by atoms with Crippen LogP contribution in [-0.4, -0.2) is 18.3 Å². The SMILES string of the molecule is CCSc1ccccc1C1CCN=C(N)N1. The highest BCUT2D eigenvalue weighted by atomic mass is 32.2. The quantitative estimate of drug-likeness (QED) is 0.789. The van der Waals surface area contributed by atoms with E-state index in [0.29, 0.717) is 12.0 Å². The average Bonchev–Trinajstić information content (AvgIpc) is 2.30. The summed E-state index contributed by atoms with van der Waals surface area (Å²) in [4.78, 5) is 5.50. The molecule has 1 aromatic carbocycles. The standard InChI is InChI=1S/C12H17N3S/c1-2-16-11-6-4-3-5-9(11)10-7-8-14-12(13)15-10/h3-6,10H,2,7-8H2,1H3,(H3,13,14,15). The highest BCUT2D eigenvalue weighted by Crippen LogP contribution is 2.29. The van der Waals surface area contributed by atoms with E-state index in [1.54, 1.807) is 0 Å². The first-order valence-corrected chi connectivity index (χ1v) is 6.58. The van der Waals surface area contributed by atoms with Crippen molar-refractivity contribution in [3.05, 3.63) is 29.8 Å². The van der Waals surface area contributed by atoms with Crippen LogP contribution in [0, 0.1) is 0 Å². The van der Waals surface area contributed by atoms with Crippen molar-refractivity contribution in [2.24, 2.45) is 10.7 Å². The lowest BCUT2D eigenvalue weighted by Crippen LogP contribution is -2.38. The Labute approximate surface area is 101 Å². The van der Waals surface area contributed by atoms with Gasteiger partial charge in [0.2, 0.25) is 0 Å². The number of hydrogen-bond acceptors (Lipinski definition) is 4. The molecule has 1 heterocycles. The third kappa shape index (κ3) is 2.50. The molecule has 1 aromatic rings. The molecule has 0 bridgehead atoms. The molecule has 3 nitrogen and oxygen atoms in total. The molecular weight excluding hydrogens is 218 g/mol. The van der Waals surface area contributed by atoms with E-state index in [9.17, 15) is 0 Å². The van der Waals surface area contributed by atoms with Crippen LogP contribution < -0.4 is 11.1 Å². The van der Waals surface area contributed by atoms with Crippen LogP contribution in [-0.2, 0) is 0 Å². The Morgan fingerprint density at radius 2 is 2.31 bits per heavy atom. The number of hydrogen-bond donors (Lipinski definition) is 2. The zero-order chi connectivity index (χ0) is 11.4. The normalized spacial score (nSPS) is 20.1. The van der Waals surface area contributed by atoms with Crippen molar-refractivity contribution in [1.82, 2.24) is 5.32 Å². The van der Waals surface area contributed by atoms with E-state index in [1.165, 1.54) is 10.5 Å². The number of thioether (sulfide) groups is 1. The van der Waals surface area contributed by atoms with Crippen LogP contribution in [0.25, 0.3) is 0 Å². The van der Waals surface area contributed by atoms with Gasteiger partial charge in [0.25, 0.3) is 0 Å². The molecule has 16 heavy (non-hydrogen) atoms. The lowest BCUT2D eigenvalue weighted by atomic mass is 10.0. The molecule has 4 heteroatoms. The Bertz CT molecular complexity index is 390. The fraction of sp³-hybridized carbons (Fsp3) is 0.417. The summed E-state index contributed by atoms with van der Waals surface area (Å²) in [6.45, 7) is 2.99. The summed E-state index contributed by atoms with van der Waals surface area (Å²) >= 11 is 1.88. The zero-order valence-electron chi connectivity index (χ0n) is 9.44. The number of aliphatic imine (C=N–C) groups is 1. The van der Waals surface area contributed by atoms with Crippen LogP contribution in [0.5, 0.6) is 0 Å². The molecule has 0 aliphatic carbocycles. The maximum Gasteiger partial charge on any atom is 0.189 e. The molecule has 1 aliphatic rings. The largest absolute Gasteiger partial charge is 0.370 e. The molecular formula is C12H17N3S. The molecule has 0 radical (unpaired) electrons. The Hall–Kier alpha value is -1.16. The number of nitrogens with two attached hydrogens (primary N) is 1. The molecule has 86 valence electrons. The van der Waals surface area contributed by atoms with Gasteiger partial charge in [-0.15, -0.1) is 11.8 Å². The Kier molecular flexibility index (Phi) is 3.72. The molecule has 3 N–H and O–H groups in total. The van der Waals surface area contributed by atoms with Gasteiger partial charge in [0.15, 0.2) is 5.96 Å². The summed E-state index contributed by atoms with van der Waals surface area (Å²) in [6, 6.07) is 8.83. The topological polar surface area (TPSA) is 50.4 Å². The zero-order valence-corrected chi connectivity index (χ0v) is 10.3. The molecule has 1 aliphatic heterocycles. The first-order valence-electron chi connectivity index (χ1n) is 5.59. The molecule has 1 unspecified atom stereocenters. The van der Waals surface area contributed by atoms with Crippen molar-refractivity contribution in [2.45, 2.75) is 24.3 Å². The Morgan fingerprint density at radius 1 is 1.50 bits per heavy atom. The first kappa shape index (κ1) is 11.3. The van der Waals surface area contributed by atoms with Gasteiger partial charge in [-0.1, -0.05) is 25.1 Å². The smallest absolute Gasteiger partial charge is 0.189 e. The van der Waals surface area contributed by atoms with Crippen LogP contribution in [0.3, 0.4) is 0 Å². The monoisotopic (exact) mass is 235 g/mol. The number of rotatable bonds is 3. The van der Waals surface area contributed by atoms with Crippen LogP contribution in [0.4, 0.5) is 0 Å². The van der Waals surface area contributed by atoms with Crippen LogP contribution in [0.1, 0.15) is 24.9 Å². The predicted octanol–water partition coefficient (Wildman–Crippen LogP) is 2.15. The summed E-state index contributed by atoms with van der Waals surface area (Å²) < 4.78 is 0. The molecule has 0 amide bonds. The lowest BCUT2D eigenvalue weighted by molar-refractivity contribution is 0.561. The summed E-state index contributed by atoms with van der Waals surface area (Å²) in [5.41, 5.74) is 7.06. The van der Waals surface area contributed by atoms with E-state index in [1.807, 2.05) is 11.8 Å². The van der Waals surface area contributed by atoms with Gasteiger partial charge in [0.1, 0.15) is 0 Å². The molecule has 0 aromatic heterocycles. The summed E-state index contributed by atoms with van der Waals surface area (Å²) in [5.74, 6) is 1.65. The third-order valence-corrected chi connectivity index (χ3v) is 3.59. The second-order valence-corrected chi connectivity index (χ2v) is 5.03.